The minimum atomic E-state index is -0.515. The van der Waals surface area contributed by atoms with Gasteiger partial charge in [0.05, 0.1) is 0 Å². The first-order chi connectivity index (χ1) is 9.76. The van der Waals surface area contributed by atoms with Gasteiger partial charge in [0.2, 0.25) is 0 Å². The Balaban J connectivity index is 2.03. The van der Waals surface area contributed by atoms with Gasteiger partial charge in [-0.2, -0.15) is 0 Å². The zero-order valence-electron chi connectivity index (χ0n) is 13.0. The second-order valence-corrected chi connectivity index (χ2v) is 6.32. The van der Waals surface area contributed by atoms with Crippen LogP contribution in [0.5, 0.6) is 0 Å². The molecule has 0 saturated heterocycles. The molecule has 5 nitrogen and oxygen atoms in total. The van der Waals surface area contributed by atoms with Gasteiger partial charge in [0.15, 0.2) is 0 Å². The van der Waals surface area contributed by atoms with Gasteiger partial charge in [-0.25, -0.2) is 4.79 Å². The van der Waals surface area contributed by atoms with Crippen LogP contribution in [0.25, 0.3) is 0 Å². The van der Waals surface area contributed by atoms with E-state index in [4.69, 9.17) is 4.74 Å². The molecule has 0 radical (unpaired) electrons. The van der Waals surface area contributed by atoms with Crippen molar-refractivity contribution >= 4 is 12.0 Å². The number of fused-ring (bicyclic) bond motifs is 1. The van der Waals surface area contributed by atoms with Crippen molar-refractivity contribution < 1.29 is 14.3 Å². The summed E-state index contributed by atoms with van der Waals surface area (Å²) in [6.07, 6.45) is 0.417. The van der Waals surface area contributed by atoms with E-state index in [1.807, 2.05) is 39.0 Å². The van der Waals surface area contributed by atoms with E-state index < -0.39 is 11.7 Å². The average Bonchev–Trinajstić information content (AvgIpc) is 2.39. The van der Waals surface area contributed by atoms with Crippen LogP contribution >= 0.6 is 0 Å². The zero-order chi connectivity index (χ0) is 15.6. The van der Waals surface area contributed by atoms with E-state index >= 15 is 0 Å². The number of rotatable bonds is 2. The molecule has 0 spiro atoms. The number of ether oxygens (including phenoxy) is 1. The predicted octanol–water partition coefficient (Wildman–Crippen LogP) is 2.34. The molecular formula is C16H22N2O3. The molecule has 1 aromatic carbocycles. The molecule has 0 aromatic heterocycles. The van der Waals surface area contributed by atoms with Crippen molar-refractivity contribution in [1.29, 1.82) is 0 Å². The number of hydrogen-bond donors (Lipinski definition) is 1. The number of carbonyl (C=O) groups excluding carboxylic acids is 2. The molecule has 0 aliphatic carbocycles. The maximum Gasteiger partial charge on any atom is 0.407 e. The van der Waals surface area contributed by atoms with Gasteiger partial charge in [0.1, 0.15) is 5.60 Å². The number of nitrogens with one attached hydrogen (secondary N) is 1. The van der Waals surface area contributed by atoms with E-state index in [-0.39, 0.29) is 5.91 Å². The van der Waals surface area contributed by atoms with Gasteiger partial charge >= 0.3 is 6.09 Å². The van der Waals surface area contributed by atoms with Gasteiger partial charge in [0.25, 0.3) is 5.91 Å². The minimum Gasteiger partial charge on any atom is -0.444 e. The number of likely N-dealkylation sites (N-methyl/N-ethyl adjacent to an activating group) is 1. The molecule has 114 valence electrons. The monoisotopic (exact) mass is 290 g/mol. The Hall–Kier alpha value is -2.04. The highest BCUT2D eigenvalue weighted by Gasteiger charge is 2.21. The van der Waals surface area contributed by atoms with E-state index in [9.17, 15) is 9.59 Å². The SMILES string of the molecule is CN1CCc2ccc(CNC(=O)OC(C)(C)C)cc2C1=O. The molecule has 2 rings (SSSR count). The molecule has 1 aromatic rings. The van der Waals surface area contributed by atoms with Crippen molar-refractivity contribution in [2.45, 2.75) is 39.3 Å². The van der Waals surface area contributed by atoms with Crippen molar-refractivity contribution in [3.63, 3.8) is 0 Å². The summed E-state index contributed by atoms with van der Waals surface area (Å²) in [5, 5.41) is 2.70. The van der Waals surface area contributed by atoms with Gasteiger partial charge in [0, 0.05) is 25.7 Å². The molecular weight excluding hydrogens is 268 g/mol. The highest BCUT2D eigenvalue weighted by molar-refractivity contribution is 5.96. The van der Waals surface area contributed by atoms with E-state index in [2.05, 4.69) is 5.32 Å². The van der Waals surface area contributed by atoms with Crippen molar-refractivity contribution in [2.75, 3.05) is 13.6 Å². The number of carbonyl (C=O) groups is 2. The molecule has 1 heterocycles. The summed E-state index contributed by atoms with van der Waals surface area (Å²) < 4.78 is 5.19. The second kappa shape index (κ2) is 5.76. The Bertz CT molecular complexity index is 561. The Kier molecular flexibility index (Phi) is 4.21. The smallest absolute Gasteiger partial charge is 0.407 e. The minimum absolute atomic E-state index is 0.0374. The van der Waals surface area contributed by atoms with E-state index in [0.717, 1.165) is 29.7 Å². The fourth-order valence-corrected chi connectivity index (χ4v) is 2.23. The molecule has 2 amide bonds. The summed E-state index contributed by atoms with van der Waals surface area (Å²) in [5.74, 6) is 0.0374. The topological polar surface area (TPSA) is 58.6 Å². The number of benzene rings is 1. The normalized spacial score (nSPS) is 14.7. The maximum absolute atomic E-state index is 12.1. The van der Waals surface area contributed by atoms with Crippen LogP contribution in [0, 0.1) is 0 Å². The summed E-state index contributed by atoms with van der Waals surface area (Å²) in [7, 11) is 1.80. The molecule has 0 fully saturated rings. The molecule has 21 heavy (non-hydrogen) atoms. The number of amides is 2. The van der Waals surface area contributed by atoms with Gasteiger partial charge in [-0.3, -0.25) is 4.79 Å². The summed E-state index contributed by atoms with van der Waals surface area (Å²) >= 11 is 0. The zero-order valence-corrected chi connectivity index (χ0v) is 13.0. The Morgan fingerprint density at radius 2 is 2.10 bits per heavy atom. The van der Waals surface area contributed by atoms with Crippen molar-refractivity contribution in [1.82, 2.24) is 10.2 Å². The lowest BCUT2D eigenvalue weighted by atomic mass is 9.97. The summed E-state index contributed by atoms with van der Waals surface area (Å²) in [6.45, 7) is 6.56. The lowest BCUT2D eigenvalue weighted by Crippen LogP contribution is -2.34. The Morgan fingerprint density at radius 3 is 2.76 bits per heavy atom. The highest BCUT2D eigenvalue weighted by Crippen LogP contribution is 2.19. The van der Waals surface area contributed by atoms with Crippen molar-refractivity contribution in [2.24, 2.45) is 0 Å². The van der Waals surface area contributed by atoms with E-state index in [1.165, 1.54) is 0 Å². The number of nitrogens with zero attached hydrogens (tertiary/aromatic N) is 1. The number of alkyl carbamates (subject to hydrolysis) is 1. The summed E-state index contributed by atoms with van der Waals surface area (Å²) in [4.78, 5) is 25.5. The van der Waals surface area contributed by atoms with E-state index in [1.54, 1.807) is 11.9 Å². The quantitative estimate of drug-likeness (QED) is 0.909. The molecule has 1 aliphatic rings. The summed E-state index contributed by atoms with van der Waals surface area (Å²) in [6, 6.07) is 5.76. The predicted molar refractivity (Wildman–Crippen MR) is 80.2 cm³/mol. The first kappa shape index (κ1) is 15.4. The first-order valence-electron chi connectivity index (χ1n) is 7.10. The standard InChI is InChI=1S/C16H22N2O3/c1-16(2,3)21-15(20)17-10-11-5-6-12-7-8-18(4)14(19)13(12)9-11/h5-6,9H,7-8,10H2,1-4H3,(H,17,20). The van der Waals surface area contributed by atoms with Crippen LogP contribution < -0.4 is 5.32 Å². The molecule has 5 heteroatoms. The average molecular weight is 290 g/mol. The first-order valence-corrected chi connectivity index (χ1v) is 7.10. The van der Waals surface area contributed by atoms with Crippen LogP contribution in [0.2, 0.25) is 0 Å². The highest BCUT2D eigenvalue weighted by atomic mass is 16.6. The lowest BCUT2D eigenvalue weighted by molar-refractivity contribution is 0.0523. The molecule has 0 saturated carbocycles. The van der Waals surface area contributed by atoms with Crippen LogP contribution in [-0.4, -0.2) is 36.1 Å². The van der Waals surface area contributed by atoms with Crippen LogP contribution in [0.15, 0.2) is 18.2 Å². The molecule has 0 atom stereocenters. The largest absolute Gasteiger partial charge is 0.444 e. The maximum atomic E-state index is 12.1. The lowest BCUT2D eigenvalue weighted by Gasteiger charge is -2.25. The van der Waals surface area contributed by atoms with Crippen LogP contribution in [0.4, 0.5) is 4.79 Å². The third-order valence-corrected chi connectivity index (χ3v) is 3.30. The van der Waals surface area contributed by atoms with Crippen LogP contribution in [0.3, 0.4) is 0 Å². The van der Waals surface area contributed by atoms with Gasteiger partial charge in [-0.15, -0.1) is 0 Å². The van der Waals surface area contributed by atoms with Crippen molar-refractivity contribution in [3.05, 3.63) is 34.9 Å². The summed E-state index contributed by atoms with van der Waals surface area (Å²) in [5.41, 5.74) is 2.17. The third kappa shape index (κ3) is 3.97. The van der Waals surface area contributed by atoms with Gasteiger partial charge < -0.3 is 15.0 Å². The Labute approximate surface area is 125 Å². The fraction of sp³-hybridized carbons (Fsp3) is 0.500. The van der Waals surface area contributed by atoms with Gasteiger partial charge in [-0.1, -0.05) is 12.1 Å². The molecule has 0 unspecified atom stereocenters. The molecule has 0 bridgehead atoms. The van der Waals surface area contributed by atoms with Crippen molar-refractivity contribution in [3.8, 4) is 0 Å². The fourth-order valence-electron chi connectivity index (χ4n) is 2.23. The van der Waals surface area contributed by atoms with Gasteiger partial charge in [-0.05, 0) is 44.4 Å². The molecule has 1 N–H and O–H groups in total. The van der Waals surface area contributed by atoms with Crippen LogP contribution in [-0.2, 0) is 17.7 Å². The van der Waals surface area contributed by atoms with Crippen LogP contribution in [0.1, 0.15) is 42.3 Å². The molecule has 1 aliphatic heterocycles. The Morgan fingerprint density at radius 1 is 1.38 bits per heavy atom. The number of hydrogen-bond acceptors (Lipinski definition) is 3. The van der Waals surface area contributed by atoms with E-state index in [0.29, 0.717) is 6.54 Å². The second-order valence-electron chi connectivity index (χ2n) is 6.32. The third-order valence-electron chi connectivity index (χ3n) is 3.30.